The van der Waals surface area contributed by atoms with E-state index in [2.05, 4.69) is 0 Å². The molecule has 1 aliphatic rings. The monoisotopic (exact) mass is 269 g/mol. The lowest BCUT2D eigenvalue weighted by atomic mass is 10.1. The highest BCUT2D eigenvalue weighted by molar-refractivity contribution is 7.84. The lowest BCUT2D eigenvalue weighted by Crippen LogP contribution is -2.37. The van der Waals surface area contributed by atoms with Gasteiger partial charge in [0.15, 0.2) is 0 Å². The Balaban J connectivity index is 2.22. The van der Waals surface area contributed by atoms with Gasteiger partial charge < -0.3 is 0 Å². The zero-order chi connectivity index (χ0) is 13.3. The quantitative estimate of drug-likeness (QED) is 0.805. The van der Waals surface area contributed by atoms with Crippen LogP contribution in [-0.4, -0.2) is 19.8 Å². The van der Waals surface area contributed by atoms with Gasteiger partial charge in [0.25, 0.3) is 0 Å². The molecule has 2 nitrogen and oxygen atoms in total. The fraction of sp³-hybridized carbons (Fsp3) is 0.571. The number of benzene rings is 1. The average molecular weight is 269 g/mol. The van der Waals surface area contributed by atoms with Crippen LogP contribution in [0.1, 0.15) is 45.2 Å². The van der Waals surface area contributed by atoms with Crippen molar-refractivity contribution in [1.82, 2.24) is 4.31 Å². The van der Waals surface area contributed by atoms with E-state index < -0.39 is 11.0 Å². The van der Waals surface area contributed by atoms with Gasteiger partial charge in [0, 0.05) is 12.6 Å². The molecule has 0 aliphatic carbocycles. The molecule has 1 aromatic rings. The highest BCUT2D eigenvalue weighted by Crippen LogP contribution is 2.35. The van der Waals surface area contributed by atoms with Gasteiger partial charge in [-0.25, -0.2) is 12.9 Å². The topological polar surface area (TPSA) is 20.3 Å². The zero-order valence-electron chi connectivity index (χ0n) is 11.1. The molecule has 0 amide bonds. The van der Waals surface area contributed by atoms with E-state index in [1.54, 1.807) is 12.1 Å². The van der Waals surface area contributed by atoms with Gasteiger partial charge in [0.05, 0.1) is 4.75 Å². The van der Waals surface area contributed by atoms with Crippen LogP contribution in [0.3, 0.4) is 0 Å². The molecule has 0 aromatic heterocycles. The Morgan fingerprint density at radius 2 is 1.89 bits per heavy atom. The predicted octanol–water partition coefficient (Wildman–Crippen LogP) is 3.42. The second kappa shape index (κ2) is 5.10. The Morgan fingerprint density at radius 3 is 2.44 bits per heavy atom. The van der Waals surface area contributed by atoms with Crippen molar-refractivity contribution >= 4 is 11.0 Å². The molecule has 0 N–H and O–H groups in total. The molecule has 18 heavy (non-hydrogen) atoms. The summed E-state index contributed by atoms with van der Waals surface area (Å²) >= 11 is 0. The fourth-order valence-corrected chi connectivity index (χ4v) is 3.77. The highest BCUT2D eigenvalue weighted by Gasteiger charge is 2.35. The average Bonchev–Trinajstić information content (AvgIpc) is 2.76. The predicted molar refractivity (Wildman–Crippen MR) is 73.0 cm³/mol. The van der Waals surface area contributed by atoms with Crippen LogP contribution in [0.2, 0.25) is 0 Å². The summed E-state index contributed by atoms with van der Waals surface area (Å²) in [6, 6.07) is 6.72. The Morgan fingerprint density at radius 1 is 1.28 bits per heavy atom. The van der Waals surface area contributed by atoms with Crippen molar-refractivity contribution in [2.75, 3.05) is 6.54 Å². The first-order valence-electron chi connectivity index (χ1n) is 6.34. The van der Waals surface area contributed by atoms with Crippen molar-refractivity contribution in [3.8, 4) is 0 Å². The third kappa shape index (κ3) is 2.81. The number of hydrogen-bond donors (Lipinski definition) is 0. The first kappa shape index (κ1) is 13.7. The molecule has 0 saturated carbocycles. The van der Waals surface area contributed by atoms with Crippen molar-refractivity contribution in [3.63, 3.8) is 0 Å². The number of halogens is 1. The molecule has 0 spiro atoms. The minimum absolute atomic E-state index is 0.158. The van der Waals surface area contributed by atoms with Gasteiger partial charge >= 0.3 is 0 Å². The summed E-state index contributed by atoms with van der Waals surface area (Å²) in [5.74, 6) is -0.222. The van der Waals surface area contributed by atoms with Crippen LogP contribution >= 0.6 is 0 Å². The second-order valence-electron chi connectivity index (χ2n) is 5.71. The molecule has 2 atom stereocenters. The minimum Gasteiger partial charge on any atom is -0.242 e. The van der Waals surface area contributed by atoms with E-state index in [4.69, 9.17) is 0 Å². The van der Waals surface area contributed by atoms with Crippen molar-refractivity contribution in [1.29, 1.82) is 0 Å². The molecule has 1 aliphatic heterocycles. The Labute approximate surface area is 111 Å². The van der Waals surface area contributed by atoms with Crippen LogP contribution in [-0.2, 0) is 11.0 Å². The van der Waals surface area contributed by atoms with E-state index in [0.717, 1.165) is 24.9 Å². The van der Waals surface area contributed by atoms with Crippen molar-refractivity contribution in [2.45, 2.75) is 44.4 Å². The maximum absolute atomic E-state index is 12.9. The molecule has 1 fully saturated rings. The maximum atomic E-state index is 12.9. The van der Waals surface area contributed by atoms with Crippen LogP contribution in [0.4, 0.5) is 4.39 Å². The third-order valence-corrected chi connectivity index (χ3v) is 5.11. The molecule has 1 saturated heterocycles. The van der Waals surface area contributed by atoms with E-state index >= 15 is 0 Å². The number of hydrogen-bond acceptors (Lipinski definition) is 1. The van der Waals surface area contributed by atoms with Crippen LogP contribution in [0.5, 0.6) is 0 Å². The molecule has 1 unspecified atom stereocenters. The van der Waals surface area contributed by atoms with Crippen molar-refractivity contribution < 1.29 is 8.60 Å². The second-order valence-corrected chi connectivity index (χ2v) is 7.90. The van der Waals surface area contributed by atoms with Crippen LogP contribution in [0.25, 0.3) is 0 Å². The van der Waals surface area contributed by atoms with Gasteiger partial charge in [0.2, 0.25) is 0 Å². The van der Waals surface area contributed by atoms with Gasteiger partial charge in [0.1, 0.15) is 16.8 Å². The standard InChI is InChI=1S/C14H20FNOS/c1-14(2,3)18(17)16-10-4-5-13(16)11-6-8-12(15)9-7-11/h6-9,13H,4-5,10H2,1-3H3/t13-,18?/m0/s1. The third-order valence-electron chi connectivity index (χ3n) is 3.20. The summed E-state index contributed by atoms with van der Waals surface area (Å²) in [5, 5.41) is 0. The summed E-state index contributed by atoms with van der Waals surface area (Å²) in [4.78, 5) is 0. The summed E-state index contributed by atoms with van der Waals surface area (Å²) in [7, 11) is -1.01. The Bertz CT molecular complexity index is 438. The number of nitrogens with zero attached hydrogens (tertiary/aromatic N) is 1. The Kier molecular flexibility index (Phi) is 3.87. The van der Waals surface area contributed by atoms with Crippen molar-refractivity contribution in [3.05, 3.63) is 35.6 Å². The van der Waals surface area contributed by atoms with Gasteiger partial charge in [-0.05, 0) is 51.3 Å². The molecule has 0 radical (unpaired) electrons. The van der Waals surface area contributed by atoms with E-state index in [1.165, 1.54) is 12.1 Å². The molecule has 1 aromatic carbocycles. The lowest BCUT2D eigenvalue weighted by molar-refractivity contribution is 0.415. The fourth-order valence-electron chi connectivity index (χ4n) is 2.31. The molecule has 4 heteroatoms. The Hall–Kier alpha value is -0.740. The largest absolute Gasteiger partial charge is 0.242 e. The molecular formula is C14H20FNOS. The molecule has 1 heterocycles. The summed E-state index contributed by atoms with van der Waals surface area (Å²) in [6.45, 7) is 6.82. The lowest BCUT2D eigenvalue weighted by Gasteiger charge is -2.30. The number of rotatable bonds is 2. The zero-order valence-corrected chi connectivity index (χ0v) is 12.0. The normalized spacial score (nSPS) is 23.2. The molecular weight excluding hydrogens is 249 g/mol. The van der Waals surface area contributed by atoms with Crippen molar-refractivity contribution in [2.24, 2.45) is 0 Å². The molecule has 0 bridgehead atoms. The first-order valence-corrected chi connectivity index (χ1v) is 7.44. The van der Waals surface area contributed by atoms with E-state index in [0.29, 0.717) is 0 Å². The minimum atomic E-state index is -1.01. The van der Waals surface area contributed by atoms with E-state index in [9.17, 15) is 8.60 Å². The van der Waals surface area contributed by atoms with Gasteiger partial charge in [-0.2, -0.15) is 0 Å². The maximum Gasteiger partial charge on any atom is 0.123 e. The molecule has 2 rings (SSSR count). The van der Waals surface area contributed by atoms with Crippen LogP contribution in [0.15, 0.2) is 24.3 Å². The van der Waals surface area contributed by atoms with Gasteiger partial charge in [-0.1, -0.05) is 12.1 Å². The smallest absolute Gasteiger partial charge is 0.123 e. The summed E-state index contributed by atoms with van der Waals surface area (Å²) in [5.41, 5.74) is 1.06. The highest BCUT2D eigenvalue weighted by atomic mass is 32.2. The summed E-state index contributed by atoms with van der Waals surface area (Å²) in [6.07, 6.45) is 2.04. The van der Waals surface area contributed by atoms with E-state index in [-0.39, 0.29) is 16.6 Å². The van der Waals surface area contributed by atoms with Gasteiger partial charge in [-0.15, -0.1) is 0 Å². The summed E-state index contributed by atoms with van der Waals surface area (Å²) < 4.78 is 27.2. The van der Waals surface area contributed by atoms with Gasteiger partial charge in [-0.3, -0.25) is 0 Å². The van der Waals surface area contributed by atoms with Crippen LogP contribution in [0, 0.1) is 5.82 Å². The SMILES string of the molecule is CC(C)(C)S(=O)N1CCC[C@H]1c1ccc(F)cc1. The molecule has 100 valence electrons. The van der Waals surface area contributed by atoms with Crippen LogP contribution < -0.4 is 0 Å². The van der Waals surface area contributed by atoms with E-state index in [1.807, 2.05) is 25.1 Å². The first-order chi connectivity index (χ1) is 8.39.